The monoisotopic (exact) mass is 398 g/mol. The molecule has 138 valence electrons. The molecule has 4 heterocycles. The smallest absolute Gasteiger partial charge is 0.254 e. The molecule has 8 heteroatoms. The third-order valence-electron chi connectivity index (χ3n) is 4.47. The van der Waals surface area contributed by atoms with Gasteiger partial charge in [0.2, 0.25) is 5.91 Å². The van der Waals surface area contributed by atoms with Crippen molar-refractivity contribution in [2.75, 3.05) is 6.54 Å². The Morgan fingerprint density at radius 3 is 2.85 bits per heavy atom. The Kier molecular flexibility index (Phi) is 5.26. The van der Waals surface area contributed by atoms with E-state index in [1.807, 2.05) is 22.9 Å². The highest BCUT2D eigenvalue weighted by molar-refractivity contribution is 7.20. The lowest BCUT2D eigenvalue weighted by Crippen LogP contribution is -2.45. The number of carbonyl (C=O) groups excluding carboxylic acids is 2. The zero-order valence-corrected chi connectivity index (χ0v) is 16.1. The van der Waals surface area contributed by atoms with Gasteiger partial charge in [-0.3, -0.25) is 14.6 Å². The first kappa shape index (κ1) is 17.8. The number of rotatable bonds is 5. The number of hydrogen-bond donors (Lipinski definition) is 1. The molecule has 4 rings (SSSR count). The van der Waals surface area contributed by atoms with Crippen molar-refractivity contribution in [3.8, 4) is 9.88 Å². The normalized spacial score (nSPS) is 16.4. The van der Waals surface area contributed by atoms with Crippen LogP contribution in [0.1, 0.15) is 28.9 Å². The van der Waals surface area contributed by atoms with Crippen molar-refractivity contribution in [1.29, 1.82) is 0 Å². The summed E-state index contributed by atoms with van der Waals surface area (Å²) in [5.74, 6) is -0.246. The quantitative estimate of drug-likeness (QED) is 0.716. The second kappa shape index (κ2) is 7.98. The van der Waals surface area contributed by atoms with E-state index >= 15 is 0 Å². The van der Waals surface area contributed by atoms with Crippen molar-refractivity contribution >= 4 is 34.5 Å². The molecule has 0 radical (unpaired) electrons. The van der Waals surface area contributed by atoms with E-state index in [2.05, 4.69) is 15.3 Å². The van der Waals surface area contributed by atoms with Gasteiger partial charge in [-0.25, -0.2) is 4.98 Å². The van der Waals surface area contributed by atoms with Crippen LogP contribution >= 0.6 is 22.7 Å². The van der Waals surface area contributed by atoms with Gasteiger partial charge in [-0.15, -0.1) is 22.7 Å². The topological polar surface area (TPSA) is 75.2 Å². The van der Waals surface area contributed by atoms with Crippen LogP contribution in [0.25, 0.3) is 9.88 Å². The SMILES string of the molecule is O=C(NCc1csc(-c2cccs2)n1)C1CCCN1C(=O)c1ccncc1. The number of thiazole rings is 1. The first-order chi connectivity index (χ1) is 13.2. The van der Waals surface area contributed by atoms with E-state index in [4.69, 9.17) is 0 Å². The summed E-state index contributed by atoms with van der Waals surface area (Å²) >= 11 is 3.22. The van der Waals surface area contributed by atoms with Crippen LogP contribution < -0.4 is 5.32 Å². The highest BCUT2D eigenvalue weighted by Crippen LogP contribution is 2.27. The minimum Gasteiger partial charge on any atom is -0.349 e. The fourth-order valence-electron chi connectivity index (χ4n) is 3.14. The number of nitrogens with one attached hydrogen (secondary N) is 1. The van der Waals surface area contributed by atoms with Crippen molar-refractivity contribution in [2.24, 2.45) is 0 Å². The lowest BCUT2D eigenvalue weighted by Gasteiger charge is -2.23. The number of thiophene rings is 1. The standard InChI is InChI=1S/C19H18N4O2S2/c24-17(21-11-14-12-27-18(22-14)16-4-2-10-26-16)15-3-1-9-23(15)19(25)13-5-7-20-8-6-13/h2,4-8,10,12,15H,1,3,9,11H2,(H,21,24). The Balaban J connectivity index is 1.38. The second-order valence-electron chi connectivity index (χ2n) is 6.23. The van der Waals surface area contributed by atoms with Gasteiger partial charge in [0, 0.05) is 29.9 Å². The molecule has 6 nitrogen and oxygen atoms in total. The van der Waals surface area contributed by atoms with Gasteiger partial charge in [-0.2, -0.15) is 0 Å². The molecule has 0 saturated carbocycles. The number of aromatic nitrogens is 2. The predicted molar refractivity (Wildman–Crippen MR) is 106 cm³/mol. The van der Waals surface area contributed by atoms with E-state index in [-0.39, 0.29) is 11.8 Å². The molecule has 1 fully saturated rings. The lowest BCUT2D eigenvalue weighted by molar-refractivity contribution is -0.125. The Morgan fingerprint density at radius 2 is 2.07 bits per heavy atom. The van der Waals surface area contributed by atoms with Crippen molar-refractivity contribution < 1.29 is 9.59 Å². The van der Waals surface area contributed by atoms with Crippen molar-refractivity contribution in [1.82, 2.24) is 20.2 Å². The van der Waals surface area contributed by atoms with Crippen LogP contribution in [0.2, 0.25) is 0 Å². The first-order valence-corrected chi connectivity index (χ1v) is 10.5. The zero-order valence-electron chi connectivity index (χ0n) is 14.5. The number of carbonyl (C=O) groups is 2. The highest BCUT2D eigenvalue weighted by Gasteiger charge is 2.34. The largest absolute Gasteiger partial charge is 0.349 e. The molecule has 1 atom stereocenters. The molecule has 1 N–H and O–H groups in total. The number of amides is 2. The number of nitrogens with zero attached hydrogens (tertiary/aromatic N) is 3. The predicted octanol–water partition coefficient (Wildman–Crippen LogP) is 3.19. The Morgan fingerprint density at radius 1 is 1.22 bits per heavy atom. The zero-order chi connectivity index (χ0) is 18.6. The molecule has 3 aromatic heterocycles. The molecule has 0 aliphatic carbocycles. The summed E-state index contributed by atoms with van der Waals surface area (Å²) in [5, 5.41) is 7.88. The molecule has 0 spiro atoms. The van der Waals surface area contributed by atoms with E-state index in [1.165, 1.54) is 0 Å². The fraction of sp³-hybridized carbons (Fsp3) is 0.263. The minimum atomic E-state index is -0.430. The first-order valence-electron chi connectivity index (χ1n) is 8.69. The van der Waals surface area contributed by atoms with Gasteiger partial charge in [0.25, 0.3) is 5.91 Å². The van der Waals surface area contributed by atoms with Gasteiger partial charge in [-0.1, -0.05) is 6.07 Å². The summed E-state index contributed by atoms with van der Waals surface area (Å²) in [6.07, 6.45) is 4.69. The van der Waals surface area contributed by atoms with Gasteiger partial charge < -0.3 is 10.2 Å². The minimum absolute atomic E-state index is 0.122. The number of pyridine rings is 1. The molecule has 27 heavy (non-hydrogen) atoms. The summed E-state index contributed by atoms with van der Waals surface area (Å²) in [7, 11) is 0. The van der Waals surface area contributed by atoms with E-state index in [9.17, 15) is 9.59 Å². The number of hydrogen-bond acceptors (Lipinski definition) is 6. The van der Waals surface area contributed by atoms with Crippen LogP contribution in [-0.4, -0.2) is 39.3 Å². The van der Waals surface area contributed by atoms with E-state index in [1.54, 1.807) is 52.1 Å². The van der Waals surface area contributed by atoms with E-state index in [0.29, 0.717) is 25.1 Å². The molecule has 3 aromatic rings. The molecule has 0 bridgehead atoms. The van der Waals surface area contributed by atoms with Crippen LogP contribution in [0.3, 0.4) is 0 Å². The summed E-state index contributed by atoms with van der Waals surface area (Å²) in [6.45, 7) is 0.965. The van der Waals surface area contributed by atoms with Gasteiger partial charge in [0.15, 0.2) is 0 Å². The van der Waals surface area contributed by atoms with Crippen LogP contribution in [-0.2, 0) is 11.3 Å². The Labute approximate surface area is 164 Å². The van der Waals surface area contributed by atoms with Crippen LogP contribution in [0.15, 0.2) is 47.4 Å². The second-order valence-corrected chi connectivity index (χ2v) is 8.04. The van der Waals surface area contributed by atoms with Gasteiger partial charge in [-0.05, 0) is 36.4 Å². The summed E-state index contributed by atoms with van der Waals surface area (Å²) in [4.78, 5) is 36.6. The van der Waals surface area contributed by atoms with E-state index in [0.717, 1.165) is 22.0 Å². The van der Waals surface area contributed by atoms with Crippen molar-refractivity contribution in [3.05, 3.63) is 58.7 Å². The maximum absolute atomic E-state index is 12.7. The Hall–Kier alpha value is -2.58. The van der Waals surface area contributed by atoms with Crippen LogP contribution in [0.5, 0.6) is 0 Å². The van der Waals surface area contributed by atoms with Crippen molar-refractivity contribution in [2.45, 2.75) is 25.4 Å². The van der Waals surface area contributed by atoms with Gasteiger partial charge >= 0.3 is 0 Å². The van der Waals surface area contributed by atoms with Crippen LogP contribution in [0.4, 0.5) is 0 Å². The average molecular weight is 399 g/mol. The molecular weight excluding hydrogens is 380 g/mol. The molecule has 1 saturated heterocycles. The van der Waals surface area contributed by atoms with Gasteiger partial charge in [0.1, 0.15) is 11.0 Å². The van der Waals surface area contributed by atoms with Crippen molar-refractivity contribution in [3.63, 3.8) is 0 Å². The lowest BCUT2D eigenvalue weighted by atomic mass is 10.1. The molecule has 1 aliphatic rings. The maximum atomic E-state index is 12.7. The molecule has 1 unspecified atom stereocenters. The summed E-state index contributed by atoms with van der Waals surface area (Å²) in [5.41, 5.74) is 1.39. The third-order valence-corrected chi connectivity index (χ3v) is 6.40. The van der Waals surface area contributed by atoms with E-state index < -0.39 is 6.04 Å². The number of likely N-dealkylation sites (tertiary alicyclic amines) is 1. The maximum Gasteiger partial charge on any atom is 0.254 e. The molecular formula is C19H18N4O2S2. The highest BCUT2D eigenvalue weighted by atomic mass is 32.1. The summed E-state index contributed by atoms with van der Waals surface area (Å²) in [6, 6.07) is 6.96. The Bertz CT molecular complexity index is 924. The fourth-order valence-corrected chi connectivity index (χ4v) is 4.77. The third kappa shape index (κ3) is 3.91. The molecule has 1 aliphatic heterocycles. The summed E-state index contributed by atoms with van der Waals surface area (Å²) < 4.78 is 0. The van der Waals surface area contributed by atoms with Crippen LogP contribution in [0, 0.1) is 0 Å². The molecule has 2 amide bonds. The molecule has 0 aromatic carbocycles. The van der Waals surface area contributed by atoms with Gasteiger partial charge in [0.05, 0.1) is 17.1 Å². The average Bonchev–Trinajstić information content (AvgIpc) is 3.47.